The second-order valence-corrected chi connectivity index (χ2v) is 10.1. The summed E-state index contributed by atoms with van der Waals surface area (Å²) in [5, 5.41) is 15.9. The van der Waals surface area contributed by atoms with Crippen LogP contribution in [0, 0.1) is 17.8 Å². The number of aromatic amines is 1. The summed E-state index contributed by atoms with van der Waals surface area (Å²) in [6.07, 6.45) is 6.27. The third-order valence-corrected chi connectivity index (χ3v) is 7.86. The van der Waals surface area contributed by atoms with Crippen molar-refractivity contribution in [3.8, 4) is 5.75 Å². The van der Waals surface area contributed by atoms with Crippen LogP contribution in [-0.4, -0.2) is 77.4 Å². The van der Waals surface area contributed by atoms with Crippen LogP contribution in [0.15, 0.2) is 36.4 Å². The summed E-state index contributed by atoms with van der Waals surface area (Å²) in [6.45, 7) is 0.259. The molecule has 2 fully saturated rings. The molecule has 3 heterocycles. The molecule has 1 aromatic heterocycles. The average molecular weight is 509 g/mol. The van der Waals surface area contributed by atoms with E-state index in [-0.39, 0.29) is 30.1 Å². The van der Waals surface area contributed by atoms with Gasteiger partial charge in [-0.15, -0.1) is 0 Å². The van der Waals surface area contributed by atoms with Crippen molar-refractivity contribution < 1.29 is 29.0 Å². The molecule has 1 aromatic carbocycles. The average Bonchev–Trinajstić information content (AvgIpc) is 3.62. The number of hydrogen-bond acceptors (Lipinski definition) is 6. The van der Waals surface area contributed by atoms with Crippen molar-refractivity contribution >= 4 is 34.4 Å². The summed E-state index contributed by atoms with van der Waals surface area (Å²) in [6, 6.07) is 5.42. The fourth-order valence-electron chi connectivity index (χ4n) is 5.94. The fraction of sp³-hybridized carbons (Fsp3) is 0.481. The number of fused-ring (bicyclic) bond motifs is 2. The number of amides is 3. The Morgan fingerprint density at radius 1 is 1.30 bits per heavy atom. The van der Waals surface area contributed by atoms with Gasteiger partial charge in [-0.05, 0) is 49.8 Å². The molecule has 2 saturated heterocycles. The van der Waals surface area contributed by atoms with E-state index in [0.717, 1.165) is 23.7 Å². The zero-order chi connectivity index (χ0) is 26.1. The fourth-order valence-corrected chi connectivity index (χ4v) is 5.94. The van der Waals surface area contributed by atoms with E-state index in [4.69, 9.17) is 4.74 Å². The molecule has 5 atom stereocenters. The Morgan fingerprint density at radius 2 is 2.14 bits per heavy atom. The predicted octanol–water partition coefficient (Wildman–Crippen LogP) is 1.16. The number of nitrogens with one attached hydrogen (secondary N) is 3. The van der Waals surface area contributed by atoms with Crippen molar-refractivity contribution in [3.63, 3.8) is 0 Å². The molecule has 196 valence electrons. The van der Waals surface area contributed by atoms with E-state index in [2.05, 4.69) is 15.6 Å². The van der Waals surface area contributed by atoms with Gasteiger partial charge in [0.2, 0.25) is 11.8 Å². The number of likely N-dealkylation sites (tertiary alicyclic amines) is 1. The van der Waals surface area contributed by atoms with Gasteiger partial charge in [0.1, 0.15) is 24.1 Å². The van der Waals surface area contributed by atoms with Crippen LogP contribution in [-0.2, 0) is 14.4 Å². The van der Waals surface area contributed by atoms with E-state index < -0.39 is 36.3 Å². The summed E-state index contributed by atoms with van der Waals surface area (Å²) in [5.41, 5.74) is 1.10. The Hall–Kier alpha value is -3.66. The van der Waals surface area contributed by atoms with Crippen molar-refractivity contribution in [1.82, 2.24) is 20.5 Å². The first-order valence-corrected chi connectivity index (χ1v) is 12.8. The highest BCUT2D eigenvalue weighted by atomic mass is 16.5. The number of H-pyrrole nitrogens is 1. The summed E-state index contributed by atoms with van der Waals surface area (Å²) in [5.74, 6) is -1.31. The van der Waals surface area contributed by atoms with Crippen LogP contribution in [0.4, 0.5) is 0 Å². The minimum absolute atomic E-state index is 0.106. The molecular formula is C27H32N4O6. The first-order chi connectivity index (χ1) is 17.9. The normalized spacial score (nSPS) is 25.6. The van der Waals surface area contributed by atoms with Crippen molar-refractivity contribution in [2.45, 2.75) is 37.8 Å². The molecule has 3 amide bonds. The number of piperidine rings is 1. The topological polar surface area (TPSA) is 141 Å². The van der Waals surface area contributed by atoms with Gasteiger partial charge in [-0.3, -0.25) is 19.2 Å². The van der Waals surface area contributed by atoms with E-state index in [1.54, 1.807) is 18.1 Å². The Kier molecular flexibility index (Phi) is 7.01. The smallest absolute Gasteiger partial charge is 0.271 e. The number of carbonyl (C=O) groups is 4. The van der Waals surface area contributed by atoms with Gasteiger partial charge < -0.3 is 30.4 Å². The number of hydrogen-bond donors (Lipinski definition) is 4. The molecule has 1 aliphatic carbocycles. The second kappa shape index (κ2) is 10.4. The molecule has 3 aliphatic rings. The van der Waals surface area contributed by atoms with Gasteiger partial charge in [0, 0.05) is 35.8 Å². The number of benzene rings is 1. The molecule has 1 unspecified atom stereocenters. The van der Waals surface area contributed by atoms with Crippen molar-refractivity contribution in [3.05, 3.63) is 42.1 Å². The van der Waals surface area contributed by atoms with E-state index >= 15 is 0 Å². The van der Waals surface area contributed by atoms with Crippen molar-refractivity contribution in [2.75, 3.05) is 26.8 Å². The lowest BCUT2D eigenvalue weighted by molar-refractivity contribution is -0.133. The van der Waals surface area contributed by atoms with Gasteiger partial charge in [0.15, 0.2) is 5.78 Å². The SMILES string of the molecule is COc1cccc2[nH]c(C(=O)N3C[C@@H]4CC=C[C@@H]4[C@H]3C(=O)NC(C[C@@H]3CCCNC3=O)C(=O)CO)cc12. The number of aliphatic hydroxyl groups is 1. The lowest BCUT2D eigenvalue weighted by Gasteiger charge is -2.30. The lowest BCUT2D eigenvalue weighted by Crippen LogP contribution is -2.54. The molecule has 0 bridgehead atoms. The summed E-state index contributed by atoms with van der Waals surface area (Å²) in [4.78, 5) is 56.9. The van der Waals surface area contributed by atoms with E-state index in [9.17, 15) is 24.3 Å². The second-order valence-electron chi connectivity index (χ2n) is 10.1. The van der Waals surface area contributed by atoms with Gasteiger partial charge in [-0.1, -0.05) is 18.2 Å². The molecule has 2 aliphatic heterocycles. The first-order valence-electron chi connectivity index (χ1n) is 12.8. The van der Waals surface area contributed by atoms with E-state index in [0.29, 0.717) is 31.0 Å². The van der Waals surface area contributed by atoms with E-state index in [1.807, 2.05) is 30.4 Å². The highest BCUT2D eigenvalue weighted by molar-refractivity contribution is 6.02. The number of aromatic nitrogens is 1. The molecule has 4 N–H and O–H groups in total. The maximum Gasteiger partial charge on any atom is 0.271 e. The predicted molar refractivity (Wildman–Crippen MR) is 135 cm³/mol. The highest BCUT2D eigenvalue weighted by Gasteiger charge is 2.48. The van der Waals surface area contributed by atoms with Crippen molar-refractivity contribution in [1.29, 1.82) is 0 Å². The molecule has 0 saturated carbocycles. The molecule has 0 spiro atoms. The standard InChI is InChI=1S/C27H32N4O6/c1-37-23-9-3-8-19-18(23)12-21(29-19)27(36)31-13-16-5-2-7-17(16)24(31)26(35)30-20(22(33)14-32)11-15-6-4-10-28-25(15)34/h2-3,7-9,12,15-17,20,24,29,32H,4-6,10-11,13-14H2,1H3,(H,28,34)(H,30,35)/t15-,16-,17-,20?,24-/m0/s1. The maximum absolute atomic E-state index is 13.7. The van der Waals surface area contributed by atoms with Gasteiger partial charge in [-0.2, -0.15) is 0 Å². The minimum atomic E-state index is -1.01. The van der Waals surface area contributed by atoms with E-state index in [1.165, 1.54) is 0 Å². The Morgan fingerprint density at radius 3 is 2.89 bits per heavy atom. The number of Topliss-reactive ketones (excluding diaryl/α,β-unsaturated/α-hetero) is 1. The molecule has 37 heavy (non-hydrogen) atoms. The zero-order valence-electron chi connectivity index (χ0n) is 20.7. The minimum Gasteiger partial charge on any atom is -0.496 e. The number of allylic oxidation sites excluding steroid dienone is 1. The third-order valence-electron chi connectivity index (χ3n) is 7.86. The van der Waals surface area contributed by atoms with Crippen LogP contribution in [0.3, 0.4) is 0 Å². The quantitative estimate of drug-likeness (QED) is 0.395. The number of ketones is 1. The highest BCUT2D eigenvalue weighted by Crippen LogP contribution is 2.39. The van der Waals surface area contributed by atoms with Crippen LogP contribution in [0.2, 0.25) is 0 Å². The van der Waals surface area contributed by atoms with Crippen molar-refractivity contribution in [2.24, 2.45) is 17.8 Å². The molecule has 2 aromatic rings. The van der Waals surface area contributed by atoms with Crippen LogP contribution in [0.5, 0.6) is 5.75 Å². The Bertz CT molecular complexity index is 1250. The zero-order valence-corrected chi connectivity index (χ0v) is 20.7. The van der Waals surface area contributed by atoms with Gasteiger partial charge in [0.25, 0.3) is 5.91 Å². The monoisotopic (exact) mass is 508 g/mol. The lowest BCUT2D eigenvalue weighted by atomic mass is 9.89. The number of methoxy groups -OCH3 is 1. The molecule has 0 radical (unpaired) electrons. The maximum atomic E-state index is 13.7. The number of rotatable bonds is 8. The molecular weight excluding hydrogens is 476 g/mol. The molecule has 10 heteroatoms. The number of aliphatic hydroxyl groups excluding tert-OH is 1. The Labute approximate surface area is 214 Å². The third kappa shape index (κ3) is 4.73. The van der Waals surface area contributed by atoms with Gasteiger partial charge >= 0.3 is 0 Å². The molecule has 10 nitrogen and oxygen atoms in total. The van der Waals surface area contributed by atoms with Crippen LogP contribution < -0.4 is 15.4 Å². The molecule has 5 rings (SSSR count). The first kappa shape index (κ1) is 25.0. The van der Waals surface area contributed by atoms with Gasteiger partial charge in [-0.25, -0.2) is 0 Å². The van der Waals surface area contributed by atoms with Gasteiger partial charge in [0.05, 0.1) is 13.2 Å². The summed E-state index contributed by atoms with van der Waals surface area (Å²) >= 11 is 0. The largest absolute Gasteiger partial charge is 0.496 e. The Balaban J connectivity index is 1.39. The number of nitrogens with zero attached hydrogens (tertiary/aromatic N) is 1. The number of carbonyl (C=O) groups excluding carboxylic acids is 4. The van der Waals surface area contributed by atoms with Crippen LogP contribution in [0.25, 0.3) is 10.9 Å². The van der Waals surface area contributed by atoms with Crippen LogP contribution in [0.1, 0.15) is 36.2 Å². The summed E-state index contributed by atoms with van der Waals surface area (Å²) < 4.78 is 5.41. The summed E-state index contributed by atoms with van der Waals surface area (Å²) in [7, 11) is 1.57. The van der Waals surface area contributed by atoms with Crippen LogP contribution >= 0.6 is 0 Å². The number of ether oxygens (including phenoxy) is 1.